The van der Waals surface area contributed by atoms with Crippen LogP contribution >= 0.6 is 11.6 Å². The first-order valence-corrected chi connectivity index (χ1v) is 12.9. The van der Waals surface area contributed by atoms with Crippen LogP contribution in [0.15, 0.2) is 53.4 Å². The number of hydrogen-bond donors (Lipinski definition) is 0. The first kappa shape index (κ1) is 24.1. The summed E-state index contributed by atoms with van der Waals surface area (Å²) < 4.78 is 40.3. The van der Waals surface area contributed by atoms with E-state index in [4.69, 9.17) is 11.6 Å². The van der Waals surface area contributed by atoms with E-state index in [0.717, 1.165) is 43.8 Å². The van der Waals surface area contributed by atoms with Gasteiger partial charge in [0.25, 0.3) is 0 Å². The Balaban J connectivity index is 1.22. The molecule has 33 heavy (non-hydrogen) atoms. The summed E-state index contributed by atoms with van der Waals surface area (Å²) in [5.74, 6) is -0.567. The Labute approximate surface area is 199 Å². The Hall–Kier alpha value is -2.04. The largest absolute Gasteiger partial charge is 0.339 e. The number of benzene rings is 2. The Kier molecular flexibility index (Phi) is 7.65. The van der Waals surface area contributed by atoms with Crippen LogP contribution in [0.25, 0.3) is 0 Å². The number of sulfonamides is 1. The monoisotopic (exact) mass is 494 g/mol. The molecule has 1 amide bonds. The third-order valence-corrected chi connectivity index (χ3v) is 8.32. The van der Waals surface area contributed by atoms with Gasteiger partial charge in [-0.2, -0.15) is 4.31 Å². The van der Waals surface area contributed by atoms with Gasteiger partial charge in [0.05, 0.1) is 11.4 Å². The maximum atomic E-state index is 13.5. The average Bonchev–Trinajstić information content (AvgIpc) is 2.82. The molecule has 2 aliphatic rings. The van der Waals surface area contributed by atoms with Crippen molar-refractivity contribution < 1.29 is 17.6 Å². The Morgan fingerprint density at radius 1 is 0.879 bits per heavy atom. The molecule has 2 saturated heterocycles. The van der Waals surface area contributed by atoms with Crippen molar-refractivity contribution in [1.29, 1.82) is 0 Å². The molecule has 0 aromatic heterocycles. The fourth-order valence-electron chi connectivity index (χ4n) is 4.20. The summed E-state index contributed by atoms with van der Waals surface area (Å²) in [5.41, 5.74) is 1.22. The molecule has 10 heteroatoms. The highest BCUT2D eigenvalue weighted by Gasteiger charge is 2.31. The van der Waals surface area contributed by atoms with Crippen molar-refractivity contribution in [2.24, 2.45) is 0 Å². The van der Waals surface area contributed by atoms with E-state index in [1.54, 1.807) is 4.90 Å². The van der Waals surface area contributed by atoms with Gasteiger partial charge in [0.1, 0.15) is 5.82 Å². The lowest BCUT2D eigenvalue weighted by molar-refractivity contribution is -0.134. The van der Waals surface area contributed by atoms with Crippen LogP contribution < -0.4 is 0 Å². The van der Waals surface area contributed by atoms with Crippen molar-refractivity contribution in [2.45, 2.75) is 11.4 Å². The fraction of sp³-hybridized carbons (Fsp3) is 0.435. The quantitative estimate of drug-likeness (QED) is 0.615. The van der Waals surface area contributed by atoms with Gasteiger partial charge >= 0.3 is 0 Å². The lowest BCUT2D eigenvalue weighted by atomic mass is 10.2. The topological polar surface area (TPSA) is 64.2 Å². The van der Waals surface area contributed by atoms with Crippen molar-refractivity contribution in [3.63, 3.8) is 0 Å². The van der Waals surface area contributed by atoms with E-state index in [9.17, 15) is 17.6 Å². The minimum atomic E-state index is -3.76. The second kappa shape index (κ2) is 10.5. The molecule has 0 radical (unpaired) electrons. The number of carbonyl (C=O) groups excluding carboxylic acids is 1. The molecule has 2 fully saturated rings. The highest BCUT2D eigenvalue weighted by molar-refractivity contribution is 7.89. The number of nitrogens with zero attached hydrogens (tertiary/aromatic N) is 4. The molecular weight excluding hydrogens is 467 g/mol. The fourth-order valence-corrected chi connectivity index (χ4v) is 5.78. The highest BCUT2D eigenvalue weighted by atomic mass is 35.5. The molecule has 2 aromatic carbocycles. The molecule has 178 valence electrons. The van der Waals surface area contributed by atoms with Crippen LogP contribution in [0.1, 0.15) is 5.56 Å². The molecule has 0 unspecified atom stereocenters. The van der Waals surface area contributed by atoms with E-state index in [2.05, 4.69) is 9.80 Å². The molecular formula is C23H28ClFN4O3S. The van der Waals surface area contributed by atoms with Gasteiger partial charge in [-0.3, -0.25) is 14.6 Å². The molecule has 0 bridgehead atoms. The molecule has 0 N–H and O–H groups in total. The van der Waals surface area contributed by atoms with Crippen LogP contribution in [0.5, 0.6) is 0 Å². The first-order chi connectivity index (χ1) is 15.8. The van der Waals surface area contributed by atoms with Gasteiger partial charge in [0.15, 0.2) is 0 Å². The summed E-state index contributed by atoms with van der Waals surface area (Å²) in [6.07, 6.45) is 0. The van der Waals surface area contributed by atoms with Gasteiger partial charge < -0.3 is 4.90 Å². The second-order valence-electron chi connectivity index (χ2n) is 8.42. The second-order valence-corrected chi connectivity index (χ2v) is 10.8. The lowest BCUT2D eigenvalue weighted by Crippen LogP contribution is -2.54. The van der Waals surface area contributed by atoms with Gasteiger partial charge in [-0.1, -0.05) is 29.8 Å². The van der Waals surface area contributed by atoms with Gasteiger partial charge in [0.2, 0.25) is 15.9 Å². The minimum Gasteiger partial charge on any atom is -0.339 e. The van der Waals surface area contributed by atoms with Crippen LogP contribution in [-0.2, 0) is 21.4 Å². The number of piperazine rings is 2. The van der Waals surface area contributed by atoms with Crippen molar-refractivity contribution in [1.82, 2.24) is 19.0 Å². The summed E-state index contributed by atoms with van der Waals surface area (Å²) in [5, 5.41) is 0.731. The van der Waals surface area contributed by atoms with E-state index < -0.39 is 15.8 Å². The molecule has 2 aromatic rings. The molecule has 0 saturated carbocycles. The Bertz CT molecular complexity index is 1070. The Morgan fingerprint density at radius 2 is 1.52 bits per heavy atom. The number of amides is 1. The van der Waals surface area contributed by atoms with Crippen LogP contribution in [0.3, 0.4) is 0 Å². The van der Waals surface area contributed by atoms with Gasteiger partial charge in [-0.15, -0.1) is 0 Å². The molecule has 2 heterocycles. The summed E-state index contributed by atoms with van der Waals surface area (Å²) >= 11 is 5.95. The zero-order valence-corrected chi connectivity index (χ0v) is 19.9. The predicted molar refractivity (Wildman–Crippen MR) is 125 cm³/mol. The van der Waals surface area contributed by atoms with Gasteiger partial charge in [-0.05, 0) is 35.9 Å². The average molecular weight is 495 g/mol. The minimum absolute atomic E-state index is 0.0176. The molecule has 2 aliphatic heterocycles. The molecule has 0 spiro atoms. The van der Waals surface area contributed by atoms with Crippen LogP contribution in [0, 0.1) is 5.82 Å². The number of hydrogen-bond acceptors (Lipinski definition) is 5. The number of carbonyl (C=O) groups is 1. The zero-order valence-electron chi connectivity index (χ0n) is 18.4. The van der Waals surface area contributed by atoms with Crippen molar-refractivity contribution in [3.8, 4) is 0 Å². The highest BCUT2D eigenvalue weighted by Crippen LogP contribution is 2.19. The summed E-state index contributed by atoms with van der Waals surface area (Å²) in [6.45, 7) is 5.69. The maximum absolute atomic E-state index is 13.5. The summed E-state index contributed by atoms with van der Waals surface area (Å²) in [6, 6.07) is 12.9. The summed E-state index contributed by atoms with van der Waals surface area (Å²) in [4.78, 5) is 19.0. The van der Waals surface area contributed by atoms with Crippen molar-refractivity contribution in [3.05, 3.63) is 64.9 Å². The van der Waals surface area contributed by atoms with E-state index in [-0.39, 0.29) is 23.9 Å². The van der Waals surface area contributed by atoms with E-state index in [0.29, 0.717) is 19.6 Å². The zero-order chi connectivity index (χ0) is 23.4. The normalized spacial score (nSPS) is 19.0. The smallest absolute Gasteiger partial charge is 0.243 e. The predicted octanol–water partition coefficient (Wildman–Crippen LogP) is 2.13. The van der Waals surface area contributed by atoms with E-state index in [1.807, 2.05) is 24.3 Å². The van der Waals surface area contributed by atoms with Crippen molar-refractivity contribution >= 4 is 27.5 Å². The van der Waals surface area contributed by atoms with Crippen LogP contribution in [-0.4, -0.2) is 92.2 Å². The molecule has 7 nitrogen and oxygen atoms in total. The number of rotatable bonds is 6. The maximum Gasteiger partial charge on any atom is 0.243 e. The standard InChI is InChI=1S/C23H28ClFN4O3S/c24-20-6-4-19(5-7-20)17-26-8-10-27(11-9-26)18-23(30)28-12-14-29(15-13-28)33(31,32)22-3-1-2-21(25)16-22/h1-7,16H,8-15,17-18H2. The molecule has 0 atom stereocenters. The van der Waals surface area contributed by atoms with Crippen LogP contribution in [0.2, 0.25) is 5.02 Å². The van der Waals surface area contributed by atoms with Crippen molar-refractivity contribution in [2.75, 3.05) is 58.9 Å². The third kappa shape index (κ3) is 6.10. The molecule has 0 aliphatic carbocycles. The first-order valence-electron chi connectivity index (χ1n) is 11.0. The van der Waals surface area contributed by atoms with Gasteiger partial charge in [0, 0.05) is 63.9 Å². The molecule has 4 rings (SSSR count). The van der Waals surface area contributed by atoms with Gasteiger partial charge in [-0.25, -0.2) is 12.8 Å². The van der Waals surface area contributed by atoms with E-state index >= 15 is 0 Å². The number of halogens is 2. The third-order valence-electron chi connectivity index (χ3n) is 6.17. The summed E-state index contributed by atoms with van der Waals surface area (Å²) in [7, 11) is -3.76. The van der Waals surface area contributed by atoms with Crippen LogP contribution in [0.4, 0.5) is 4.39 Å². The Morgan fingerprint density at radius 3 is 2.15 bits per heavy atom. The SMILES string of the molecule is O=C(CN1CCN(Cc2ccc(Cl)cc2)CC1)N1CCN(S(=O)(=O)c2cccc(F)c2)CC1. The van der Waals surface area contributed by atoms with E-state index in [1.165, 1.54) is 28.1 Å². The lowest BCUT2D eigenvalue weighted by Gasteiger charge is -2.37.